The van der Waals surface area contributed by atoms with Crippen LogP contribution in [0.25, 0.3) is 0 Å². The highest BCUT2D eigenvalue weighted by Gasteiger charge is 2.44. The summed E-state index contributed by atoms with van der Waals surface area (Å²) in [5.74, 6) is 0. The van der Waals surface area contributed by atoms with Crippen molar-refractivity contribution < 1.29 is 0 Å². The summed E-state index contributed by atoms with van der Waals surface area (Å²) in [5.41, 5.74) is 3.57. The van der Waals surface area contributed by atoms with Gasteiger partial charge in [-0.2, -0.15) is 0 Å². The molecule has 0 radical (unpaired) electrons. The Labute approximate surface area is 163 Å². The number of aliphatic imine (C=N–C) groups is 1. The van der Waals surface area contributed by atoms with E-state index >= 15 is 0 Å². The third-order valence-corrected chi connectivity index (χ3v) is 6.25. The average molecular weight is 376 g/mol. The summed E-state index contributed by atoms with van der Waals surface area (Å²) in [6.07, 6.45) is 7.73. The van der Waals surface area contributed by atoms with E-state index in [4.69, 9.17) is 4.99 Å². The highest BCUT2D eigenvalue weighted by molar-refractivity contribution is 8.14. The SMILES string of the molecule is CC1CN2C(=NC(c3ccccn3)C2c2cccn2Cc2ccncc2)S1. The Morgan fingerprint density at radius 3 is 2.78 bits per heavy atom. The van der Waals surface area contributed by atoms with Crippen molar-refractivity contribution in [3.05, 3.63) is 84.2 Å². The van der Waals surface area contributed by atoms with Crippen molar-refractivity contribution in [3.63, 3.8) is 0 Å². The van der Waals surface area contributed by atoms with Crippen LogP contribution in [0.4, 0.5) is 0 Å². The molecule has 0 aromatic carbocycles. The van der Waals surface area contributed by atoms with Gasteiger partial charge in [-0.15, -0.1) is 0 Å². The van der Waals surface area contributed by atoms with Crippen molar-refractivity contribution in [2.24, 2.45) is 4.99 Å². The summed E-state index contributed by atoms with van der Waals surface area (Å²) in [6.45, 7) is 4.13. The topological polar surface area (TPSA) is 46.3 Å². The lowest BCUT2D eigenvalue weighted by Gasteiger charge is -2.28. The van der Waals surface area contributed by atoms with Crippen molar-refractivity contribution in [1.29, 1.82) is 0 Å². The van der Waals surface area contributed by atoms with E-state index in [9.17, 15) is 0 Å². The lowest BCUT2D eigenvalue weighted by Crippen LogP contribution is -2.30. The summed E-state index contributed by atoms with van der Waals surface area (Å²) in [7, 11) is 0. The molecule has 0 saturated carbocycles. The maximum Gasteiger partial charge on any atom is 0.160 e. The molecule has 27 heavy (non-hydrogen) atoms. The largest absolute Gasteiger partial charge is 0.345 e. The van der Waals surface area contributed by atoms with Gasteiger partial charge >= 0.3 is 0 Å². The Balaban J connectivity index is 1.53. The van der Waals surface area contributed by atoms with Crippen molar-refractivity contribution in [1.82, 2.24) is 19.4 Å². The fraction of sp³-hybridized carbons (Fsp3) is 0.286. The van der Waals surface area contributed by atoms with E-state index in [-0.39, 0.29) is 12.1 Å². The van der Waals surface area contributed by atoms with E-state index in [0.29, 0.717) is 5.25 Å². The van der Waals surface area contributed by atoms with Gasteiger partial charge in [0.1, 0.15) is 6.04 Å². The summed E-state index contributed by atoms with van der Waals surface area (Å²) >= 11 is 1.88. The maximum atomic E-state index is 5.08. The van der Waals surface area contributed by atoms with Crippen LogP contribution in [0.3, 0.4) is 0 Å². The first-order chi connectivity index (χ1) is 13.3. The Morgan fingerprint density at radius 2 is 1.96 bits per heavy atom. The Kier molecular flexibility index (Phi) is 4.20. The van der Waals surface area contributed by atoms with Crippen molar-refractivity contribution in [3.8, 4) is 0 Å². The molecule has 3 aromatic rings. The van der Waals surface area contributed by atoms with E-state index < -0.39 is 0 Å². The molecule has 2 aliphatic rings. The van der Waals surface area contributed by atoms with E-state index in [1.807, 2.05) is 36.4 Å². The summed E-state index contributed by atoms with van der Waals surface area (Å²) < 4.78 is 2.34. The van der Waals surface area contributed by atoms with Crippen LogP contribution in [0, 0.1) is 0 Å². The molecule has 1 fully saturated rings. The van der Waals surface area contributed by atoms with Gasteiger partial charge in [-0.3, -0.25) is 15.0 Å². The Hall–Kier alpha value is -2.60. The minimum absolute atomic E-state index is 0.0345. The second-order valence-electron chi connectivity index (χ2n) is 7.05. The lowest BCUT2D eigenvalue weighted by molar-refractivity contribution is 0.308. The number of amidine groups is 1. The van der Waals surface area contributed by atoms with Gasteiger partial charge in [-0.25, -0.2) is 0 Å². The molecule has 5 heterocycles. The molecule has 6 heteroatoms. The first kappa shape index (κ1) is 16.6. The summed E-state index contributed by atoms with van der Waals surface area (Å²) in [4.78, 5) is 16.3. The van der Waals surface area contributed by atoms with Gasteiger partial charge in [0.05, 0.1) is 11.7 Å². The van der Waals surface area contributed by atoms with Gasteiger partial charge in [0.2, 0.25) is 0 Å². The van der Waals surface area contributed by atoms with E-state index in [2.05, 4.69) is 69.0 Å². The summed E-state index contributed by atoms with van der Waals surface area (Å²) in [6, 6.07) is 14.8. The molecule has 3 atom stereocenters. The van der Waals surface area contributed by atoms with Crippen LogP contribution in [-0.2, 0) is 6.54 Å². The fourth-order valence-corrected chi connectivity index (χ4v) is 5.06. The van der Waals surface area contributed by atoms with Gasteiger partial charge in [-0.05, 0) is 42.0 Å². The maximum absolute atomic E-state index is 5.08. The number of hydrogen-bond acceptors (Lipinski definition) is 5. The summed E-state index contributed by atoms with van der Waals surface area (Å²) in [5, 5.41) is 1.72. The number of nitrogens with zero attached hydrogens (tertiary/aromatic N) is 5. The Bertz CT molecular complexity index is 953. The third kappa shape index (κ3) is 3.04. The monoisotopic (exact) mass is 375 g/mol. The molecule has 0 N–H and O–H groups in total. The van der Waals surface area contributed by atoms with Crippen molar-refractivity contribution in [2.45, 2.75) is 30.8 Å². The molecule has 136 valence electrons. The highest BCUT2D eigenvalue weighted by atomic mass is 32.2. The van der Waals surface area contributed by atoms with Gasteiger partial charge in [-0.1, -0.05) is 24.8 Å². The molecule has 0 bridgehead atoms. The van der Waals surface area contributed by atoms with Crippen LogP contribution in [0.15, 0.2) is 72.2 Å². The predicted octanol–water partition coefficient (Wildman–Crippen LogP) is 3.92. The average Bonchev–Trinajstić information content (AvgIpc) is 3.37. The molecule has 1 saturated heterocycles. The number of pyridine rings is 2. The van der Waals surface area contributed by atoms with Crippen LogP contribution < -0.4 is 0 Å². The van der Waals surface area contributed by atoms with E-state index in [1.54, 1.807) is 0 Å². The van der Waals surface area contributed by atoms with Gasteiger partial charge in [0, 0.05) is 48.8 Å². The highest BCUT2D eigenvalue weighted by Crippen LogP contribution is 2.47. The van der Waals surface area contributed by atoms with Crippen LogP contribution in [0.5, 0.6) is 0 Å². The second kappa shape index (κ2) is 6.85. The van der Waals surface area contributed by atoms with Gasteiger partial charge < -0.3 is 9.47 Å². The lowest BCUT2D eigenvalue weighted by atomic mass is 10.0. The number of hydrogen-bond donors (Lipinski definition) is 0. The molecule has 0 spiro atoms. The first-order valence-electron chi connectivity index (χ1n) is 9.25. The number of thioether (sulfide) groups is 1. The zero-order valence-corrected chi connectivity index (χ0v) is 16.0. The van der Waals surface area contributed by atoms with Crippen LogP contribution in [-0.4, -0.2) is 36.4 Å². The van der Waals surface area contributed by atoms with E-state index in [0.717, 1.165) is 24.0 Å². The van der Waals surface area contributed by atoms with Crippen LogP contribution in [0.2, 0.25) is 0 Å². The molecule has 2 aliphatic heterocycles. The van der Waals surface area contributed by atoms with Crippen LogP contribution in [0.1, 0.15) is 36.0 Å². The molecule has 0 aliphatic carbocycles. The molecular weight excluding hydrogens is 354 g/mol. The van der Waals surface area contributed by atoms with Crippen molar-refractivity contribution >= 4 is 16.9 Å². The van der Waals surface area contributed by atoms with E-state index in [1.165, 1.54) is 11.3 Å². The van der Waals surface area contributed by atoms with Gasteiger partial charge in [0.15, 0.2) is 5.17 Å². The zero-order chi connectivity index (χ0) is 18.2. The first-order valence-corrected chi connectivity index (χ1v) is 10.1. The smallest absolute Gasteiger partial charge is 0.160 e. The third-order valence-electron chi connectivity index (χ3n) is 5.15. The number of aromatic nitrogens is 3. The standard InChI is InChI=1S/C21H21N5S/c1-15-13-26-20(19(24-21(26)27-15)17-5-2-3-9-23-17)18-6-4-12-25(18)14-16-7-10-22-11-8-16/h2-12,15,19-20H,13-14H2,1H3. The molecule has 3 unspecified atom stereocenters. The minimum Gasteiger partial charge on any atom is -0.345 e. The van der Waals surface area contributed by atoms with Crippen LogP contribution >= 0.6 is 11.8 Å². The number of rotatable bonds is 4. The predicted molar refractivity (Wildman–Crippen MR) is 109 cm³/mol. The second-order valence-corrected chi connectivity index (χ2v) is 8.46. The fourth-order valence-electron chi connectivity index (χ4n) is 3.96. The molecular formula is C21H21N5S. The van der Waals surface area contributed by atoms with Gasteiger partial charge in [0.25, 0.3) is 0 Å². The molecule has 3 aromatic heterocycles. The molecule has 5 nitrogen and oxygen atoms in total. The molecule has 5 rings (SSSR count). The minimum atomic E-state index is 0.0345. The Morgan fingerprint density at radius 1 is 1.07 bits per heavy atom. The zero-order valence-electron chi connectivity index (χ0n) is 15.1. The number of fused-ring (bicyclic) bond motifs is 1. The quantitative estimate of drug-likeness (QED) is 0.693. The normalized spacial score (nSPS) is 24.1. The van der Waals surface area contributed by atoms with Crippen molar-refractivity contribution in [2.75, 3.05) is 6.54 Å². The molecule has 0 amide bonds.